The Morgan fingerprint density at radius 3 is 2.75 bits per heavy atom. The predicted octanol–water partition coefficient (Wildman–Crippen LogP) is 3.11. The van der Waals surface area contributed by atoms with E-state index in [1.54, 1.807) is 7.05 Å². The molecule has 0 fully saturated rings. The number of ether oxygens (including phenoxy) is 1. The molecule has 128 valence electrons. The van der Waals surface area contributed by atoms with Gasteiger partial charge >= 0.3 is 5.97 Å². The summed E-state index contributed by atoms with van der Waals surface area (Å²) in [6, 6.07) is 8.15. The maximum Gasteiger partial charge on any atom is 0.303 e. The number of hydrogen-bond donors (Lipinski definition) is 2. The van der Waals surface area contributed by atoms with Gasteiger partial charge in [-0.3, -0.25) is 9.59 Å². The van der Waals surface area contributed by atoms with Gasteiger partial charge in [-0.05, 0) is 24.0 Å². The monoisotopic (exact) mass is 328 g/mol. The molecule has 1 heterocycles. The van der Waals surface area contributed by atoms with E-state index in [0.717, 1.165) is 24.1 Å². The first-order chi connectivity index (χ1) is 11.5. The third-order valence-electron chi connectivity index (χ3n) is 5.11. The van der Waals surface area contributed by atoms with Gasteiger partial charge in [0.05, 0.1) is 5.69 Å². The van der Waals surface area contributed by atoms with Gasteiger partial charge in [-0.15, -0.1) is 0 Å². The first-order valence-electron chi connectivity index (χ1n) is 8.52. The maximum absolute atomic E-state index is 12.0. The fourth-order valence-corrected chi connectivity index (χ4v) is 3.92. The van der Waals surface area contributed by atoms with Crippen LogP contribution >= 0.6 is 0 Å². The van der Waals surface area contributed by atoms with Crippen molar-refractivity contribution in [2.45, 2.75) is 39.2 Å². The number of carbonyl (C=O) groups is 2. The average Bonchev–Trinajstić information content (AvgIpc) is 2.94. The largest absolute Gasteiger partial charge is 0.456 e. The second-order valence-electron chi connectivity index (χ2n) is 6.51. The van der Waals surface area contributed by atoms with Gasteiger partial charge in [0.1, 0.15) is 6.10 Å². The minimum Gasteiger partial charge on any atom is -0.456 e. The summed E-state index contributed by atoms with van der Waals surface area (Å²) >= 11 is 0. The molecule has 0 aliphatic heterocycles. The number of aromatic nitrogens is 1. The minimum absolute atomic E-state index is 0.0144. The summed E-state index contributed by atoms with van der Waals surface area (Å²) < 4.78 is 5.69. The third-order valence-corrected chi connectivity index (χ3v) is 5.11. The van der Waals surface area contributed by atoms with Crippen LogP contribution in [0.1, 0.15) is 44.1 Å². The van der Waals surface area contributed by atoms with E-state index in [9.17, 15) is 9.59 Å². The lowest BCUT2D eigenvalue weighted by Crippen LogP contribution is -2.35. The lowest BCUT2D eigenvalue weighted by atomic mass is 9.73. The first kappa shape index (κ1) is 16.6. The summed E-state index contributed by atoms with van der Waals surface area (Å²) in [5, 5.41) is 3.87. The van der Waals surface area contributed by atoms with Gasteiger partial charge in [-0.25, -0.2) is 0 Å². The Labute approximate surface area is 141 Å². The topological polar surface area (TPSA) is 71.2 Å². The van der Waals surface area contributed by atoms with Crippen molar-refractivity contribution in [3.63, 3.8) is 0 Å². The zero-order valence-corrected chi connectivity index (χ0v) is 14.4. The number of hydrogen-bond acceptors (Lipinski definition) is 3. The van der Waals surface area contributed by atoms with Gasteiger partial charge in [0, 0.05) is 37.2 Å². The molecule has 1 aromatic carbocycles. The molecule has 5 nitrogen and oxygen atoms in total. The van der Waals surface area contributed by atoms with Crippen molar-refractivity contribution in [1.29, 1.82) is 0 Å². The van der Waals surface area contributed by atoms with Crippen molar-refractivity contribution < 1.29 is 14.3 Å². The fourth-order valence-electron chi connectivity index (χ4n) is 3.92. The molecule has 3 rings (SSSR count). The highest BCUT2D eigenvalue weighted by Gasteiger charge is 2.40. The molecule has 1 aliphatic rings. The number of para-hydroxylation sites is 1. The van der Waals surface area contributed by atoms with Crippen molar-refractivity contribution >= 4 is 22.8 Å². The Morgan fingerprint density at radius 2 is 2.08 bits per heavy atom. The number of benzene rings is 1. The summed E-state index contributed by atoms with van der Waals surface area (Å²) in [6.45, 7) is 3.56. The van der Waals surface area contributed by atoms with Gasteiger partial charge in [0.2, 0.25) is 5.91 Å². The van der Waals surface area contributed by atoms with Crippen LogP contribution in [0, 0.1) is 11.8 Å². The molecule has 2 N–H and O–H groups in total. The summed E-state index contributed by atoms with van der Waals surface area (Å²) in [5.41, 5.74) is 3.22. The van der Waals surface area contributed by atoms with Crippen molar-refractivity contribution in [3.05, 3.63) is 35.5 Å². The van der Waals surface area contributed by atoms with Crippen LogP contribution in [-0.4, -0.2) is 23.9 Å². The second-order valence-corrected chi connectivity index (χ2v) is 6.51. The van der Waals surface area contributed by atoms with E-state index < -0.39 is 6.10 Å². The lowest BCUT2D eigenvalue weighted by Gasteiger charge is -2.37. The number of nitrogens with one attached hydrogen (secondary N) is 2. The Bertz CT molecular complexity index is 765. The van der Waals surface area contributed by atoms with Crippen molar-refractivity contribution in [2.24, 2.45) is 11.8 Å². The molecule has 1 amide bonds. The van der Waals surface area contributed by atoms with E-state index >= 15 is 0 Å². The normalized spacial score (nSPS) is 22.9. The molecule has 0 bridgehead atoms. The number of rotatable bonds is 4. The summed E-state index contributed by atoms with van der Waals surface area (Å²) in [4.78, 5) is 27.1. The number of carbonyl (C=O) groups excluding carboxylic acids is 2. The van der Waals surface area contributed by atoms with E-state index in [-0.39, 0.29) is 17.8 Å². The van der Waals surface area contributed by atoms with Crippen LogP contribution in [0.2, 0.25) is 0 Å². The molecule has 0 saturated heterocycles. The zero-order valence-electron chi connectivity index (χ0n) is 14.4. The van der Waals surface area contributed by atoms with E-state index in [2.05, 4.69) is 23.3 Å². The molecular weight excluding hydrogens is 304 g/mol. The number of aromatic amines is 1. The number of fused-ring (bicyclic) bond motifs is 3. The van der Waals surface area contributed by atoms with Gasteiger partial charge in [-0.1, -0.05) is 31.5 Å². The van der Waals surface area contributed by atoms with Crippen molar-refractivity contribution in [3.8, 4) is 0 Å². The molecule has 0 radical (unpaired) electrons. The highest BCUT2D eigenvalue weighted by atomic mass is 16.5. The standard InChI is InChI=1S/C19H24N2O3/c1-4-12-9-15-13-7-5-6-8-16(13)21-18(15)19(24-11(2)22)14(12)10-17(23)20-3/h5-8,12,14,19,21H,4,9-10H2,1-3H3,(H,20,23)/t12-,14+,19+/m1/s1. The van der Waals surface area contributed by atoms with Gasteiger partial charge in [-0.2, -0.15) is 0 Å². The Balaban J connectivity index is 2.09. The molecule has 5 heteroatoms. The average molecular weight is 328 g/mol. The van der Waals surface area contributed by atoms with Crippen LogP contribution in [-0.2, 0) is 20.7 Å². The molecule has 0 unspecified atom stereocenters. The molecule has 1 aromatic heterocycles. The fraction of sp³-hybridized carbons (Fsp3) is 0.474. The van der Waals surface area contributed by atoms with Crippen LogP contribution in [0.4, 0.5) is 0 Å². The van der Waals surface area contributed by atoms with Gasteiger partial charge in [0.25, 0.3) is 0 Å². The summed E-state index contributed by atoms with van der Waals surface area (Å²) in [6.07, 6.45) is 1.80. The highest BCUT2D eigenvalue weighted by molar-refractivity contribution is 5.85. The van der Waals surface area contributed by atoms with E-state index in [4.69, 9.17) is 4.74 Å². The zero-order chi connectivity index (χ0) is 17.3. The van der Waals surface area contributed by atoms with Crippen LogP contribution in [0.15, 0.2) is 24.3 Å². The summed E-state index contributed by atoms with van der Waals surface area (Å²) in [7, 11) is 1.64. The first-order valence-corrected chi connectivity index (χ1v) is 8.52. The van der Waals surface area contributed by atoms with Gasteiger partial charge in [0.15, 0.2) is 0 Å². The summed E-state index contributed by atoms with van der Waals surface area (Å²) in [5.74, 6) is -0.0452. The van der Waals surface area contributed by atoms with Gasteiger partial charge < -0.3 is 15.0 Å². The van der Waals surface area contributed by atoms with Crippen molar-refractivity contribution in [1.82, 2.24) is 10.3 Å². The third kappa shape index (κ3) is 2.90. The van der Waals surface area contributed by atoms with E-state index in [1.807, 2.05) is 18.2 Å². The number of amides is 1. The lowest BCUT2D eigenvalue weighted by molar-refractivity contribution is -0.153. The van der Waals surface area contributed by atoms with Crippen LogP contribution < -0.4 is 5.32 Å². The Hall–Kier alpha value is -2.30. The second kappa shape index (κ2) is 6.67. The smallest absolute Gasteiger partial charge is 0.303 e. The molecule has 1 aliphatic carbocycles. The molecular formula is C19H24N2O3. The van der Waals surface area contributed by atoms with Crippen LogP contribution in [0.25, 0.3) is 10.9 Å². The maximum atomic E-state index is 12.0. The van der Waals surface area contributed by atoms with Crippen LogP contribution in [0.3, 0.4) is 0 Å². The quantitative estimate of drug-likeness (QED) is 0.847. The SMILES string of the molecule is CC[C@@H]1Cc2c([nH]c3ccccc23)[C@@H](OC(C)=O)[C@H]1CC(=O)NC. The number of H-pyrrole nitrogens is 1. The number of esters is 1. The minimum atomic E-state index is -0.402. The van der Waals surface area contributed by atoms with E-state index in [1.165, 1.54) is 17.9 Å². The molecule has 3 atom stereocenters. The molecule has 0 spiro atoms. The van der Waals surface area contributed by atoms with Crippen molar-refractivity contribution in [2.75, 3.05) is 7.05 Å². The van der Waals surface area contributed by atoms with Crippen LogP contribution in [0.5, 0.6) is 0 Å². The molecule has 24 heavy (non-hydrogen) atoms. The molecule has 0 saturated carbocycles. The predicted molar refractivity (Wildman–Crippen MR) is 92.5 cm³/mol. The Morgan fingerprint density at radius 1 is 1.33 bits per heavy atom. The van der Waals surface area contributed by atoms with E-state index in [0.29, 0.717) is 12.3 Å². The Kier molecular flexibility index (Phi) is 4.60. The molecule has 2 aromatic rings. The highest BCUT2D eigenvalue weighted by Crippen LogP contribution is 2.45.